The van der Waals surface area contributed by atoms with E-state index in [2.05, 4.69) is 49.2 Å². The molecule has 0 aliphatic carbocycles. The van der Waals surface area contributed by atoms with E-state index in [1.54, 1.807) is 4.57 Å². The summed E-state index contributed by atoms with van der Waals surface area (Å²) in [6, 6.07) is 8.58. The smallest absolute Gasteiger partial charge is 0.189 e. The molecule has 0 fully saturated rings. The molecule has 0 amide bonds. The zero-order chi connectivity index (χ0) is 16.8. The molecule has 0 spiro atoms. The lowest BCUT2D eigenvalue weighted by molar-refractivity contribution is 0.722. The molecule has 0 unspecified atom stereocenters. The van der Waals surface area contributed by atoms with Gasteiger partial charge in [-0.05, 0) is 49.4 Å². The van der Waals surface area contributed by atoms with Crippen LogP contribution in [0.15, 0.2) is 30.5 Å². The number of rotatable bonds is 1. The Hall–Kier alpha value is -2.80. The van der Waals surface area contributed by atoms with Crippen molar-refractivity contribution in [3.05, 3.63) is 58.4 Å². The highest BCUT2D eigenvalue weighted by molar-refractivity contribution is 5.96. The number of pyridine rings is 1. The Labute approximate surface area is 142 Å². The van der Waals surface area contributed by atoms with Gasteiger partial charge in [-0.25, -0.2) is 9.55 Å². The Balaban J connectivity index is 1.91. The molecule has 24 heavy (non-hydrogen) atoms. The van der Waals surface area contributed by atoms with Crippen molar-refractivity contribution >= 4 is 16.7 Å². The number of nitrogens with zero attached hydrogens (tertiary/aromatic N) is 4. The van der Waals surface area contributed by atoms with E-state index in [4.69, 9.17) is 4.98 Å². The number of benzene rings is 1. The van der Waals surface area contributed by atoms with Crippen LogP contribution in [0.4, 0.5) is 5.82 Å². The molecule has 4 nitrogen and oxygen atoms in total. The van der Waals surface area contributed by atoms with Gasteiger partial charge in [0, 0.05) is 30.4 Å². The van der Waals surface area contributed by atoms with Crippen LogP contribution < -0.4 is 4.90 Å². The highest BCUT2D eigenvalue weighted by Crippen LogP contribution is 2.35. The Morgan fingerprint density at radius 2 is 1.88 bits per heavy atom. The first-order valence-corrected chi connectivity index (χ1v) is 8.31. The second kappa shape index (κ2) is 5.38. The van der Waals surface area contributed by atoms with Crippen LogP contribution >= 0.6 is 0 Å². The normalized spacial score (nSPS) is 13.8. The van der Waals surface area contributed by atoms with Gasteiger partial charge < -0.3 is 4.90 Å². The predicted octanol–water partition coefficient (Wildman–Crippen LogP) is 3.85. The Kier molecular flexibility index (Phi) is 3.31. The average molecular weight is 316 g/mol. The highest BCUT2D eigenvalue weighted by atomic mass is 15.2. The molecule has 0 atom stereocenters. The van der Waals surface area contributed by atoms with E-state index >= 15 is 0 Å². The third kappa shape index (κ3) is 2.01. The van der Waals surface area contributed by atoms with Crippen LogP contribution in [0.1, 0.15) is 27.9 Å². The maximum atomic E-state index is 9.67. The lowest BCUT2D eigenvalue weighted by atomic mass is 9.99. The summed E-state index contributed by atoms with van der Waals surface area (Å²) in [5, 5.41) is 10.8. The van der Waals surface area contributed by atoms with Crippen molar-refractivity contribution in [3.63, 3.8) is 0 Å². The van der Waals surface area contributed by atoms with Crippen LogP contribution in [0.3, 0.4) is 0 Å². The zero-order valence-electron chi connectivity index (χ0n) is 14.3. The number of aryl methyl sites for hydroxylation is 2. The zero-order valence-corrected chi connectivity index (χ0v) is 14.3. The molecule has 0 radical (unpaired) electrons. The molecular formula is C20H20N4. The number of nitriles is 1. The standard InChI is InChI=1S/C20H20N4/c1-13-10-22-20(19-18(13)14(2)15(3)24(19)12-21)23-9-8-16-6-4-5-7-17(16)11-23/h4-7,10H,8-9,11H2,1-3H3. The summed E-state index contributed by atoms with van der Waals surface area (Å²) in [6.07, 6.45) is 5.28. The maximum absolute atomic E-state index is 9.67. The van der Waals surface area contributed by atoms with Gasteiger partial charge in [-0.3, -0.25) is 0 Å². The van der Waals surface area contributed by atoms with E-state index in [0.29, 0.717) is 0 Å². The van der Waals surface area contributed by atoms with Gasteiger partial charge in [0.25, 0.3) is 0 Å². The van der Waals surface area contributed by atoms with Crippen molar-refractivity contribution in [3.8, 4) is 6.19 Å². The summed E-state index contributed by atoms with van der Waals surface area (Å²) >= 11 is 0. The van der Waals surface area contributed by atoms with Crippen LogP contribution in [-0.4, -0.2) is 16.1 Å². The van der Waals surface area contributed by atoms with Gasteiger partial charge >= 0.3 is 0 Å². The Bertz CT molecular complexity index is 991. The van der Waals surface area contributed by atoms with E-state index in [9.17, 15) is 5.26 Å². The summed E-state index contributed by atoms with van der Waals surface area (Å²) < 4.78 is 1.74. The van der Waals surface area contributed by atoms with Crippen molar-refractivity contribution in [2.75, 3.05) is 11.4 Å². The second-order valence-electron chi connectivity index (χ2n) is 6.57. The molecule has 0 N–H and O–H groups in total. The minimum Gasteiger partial charge on any atom is -0.350 e. The number of anilines is 1. The van der Waals surface area contributed by atoms with E-state index in [-0.39, 0.29) is 0 Å². The van der Waals surface area contributed by atoms with Crippen molar-refractivity contribution in [2.45, 2.75) is 33.7 Å². The highest BCUT2D eigenvalue weighted by Gasteiger charge is 2.23. The average Bonchev–Trinajstić information content (AvgIpc) is 2.86. The molecular weight excluding hydrogens is 296 g/mol. The molecule has 120 valence electrons. The molecule has 0 bridgehead atoms. The summed E-state index contributed by atoms with van der Waals surface area (Å²) in [7, 11) is 0. The third-order valence-electron chi connectivity index (χ3n) is 5.23. The van der Waals surface area contributed by atoms with Crippen LogP contribution in [0, 0.1) is 32.2 Å². The number of hydrogen-bond acceptors (Lipinski definition) is 3. The van der Waals surface area contributed by atoms with Gasteiger partial charge in [0.2, 0.25) is 0 Å². The number of hydrogen-bond donors (Lipinski definition) is 0. The fourth-order valence-corrected chi connectivity index (χ4v) is 3.82. The SMILES string of the molecule is Cc1cnc(N2CCc3ccccc3C2)c2c1c(C)c(C)n2C#N. The summed E-state index contributed by atoms with van der Waals surface area (Å²) in [6.45, 7) is 7.94. The van der Waals surface area contributed by atoms with Crippen molar-refractivity contribution < 1.29 is 0 Å². The monoisotopic (exact) mass is 316 g/mol. The van der Waals surface area contributed by atoms with Gasteiger partial charge in [-0.15, -0.1) is 0 Å². The van der Waals surface area contributed by atoms with Gasteiger partial charge in [-0.1, -0.05) is 24.3 Å². The summed E-state index contributed by atoms with van der Waals surface area (Å²) in [5.74, 6) is 0.919. The fraction of sp³-hybridized carbons (Fsp3) is 0.300. The molecule has 1 aromatic carbocycles. The maximum Gasteiger partial charge on any atom is 0.189 e. The van der Waals surface area contributed by atoms with Gasteiger partial charge in [-0.2, -0.15) is 5.26 Å². The minimum absolute atomic E-state index is 0.843. The molecule has 4 rings (SSSR count). The van der Waals surface area contributed by atoms with Gasteiger partial charge in [0.15, 0.2) is 12.0 Å². The van der Waals surface area contributed by atoms with Crippen molar-refractivity contribution in [1.29, 1.82) is 5.26 Å². The molecule has 2 aromatic heterocycles. The summed E-state index contributed by atoms with van der Waals surface area (Å²) in [4.78, 5) is 7.02. The van der Waals surface area contributed by atoms with E-state index in [0.717, 1.165) is 47.5 Å². The van der Waals surface area contributed by atoms with E-state index in [1.807, 2.05) is 13.1 Å². The molecule has 1 aliphatic rings. The molecule has 0 saturated heterocycles. The summed E-state index contributed by atoms with van der Waals surface area (Å²) in [5.41, 5.74) is 7.02. The Morgan fingerprint density at radius 3 is 2.62 bits per heavy atom. The topological polar surface area (TPSA) is 44.9 Å². The first-order valence-electron chi connectivity index (χ1n) is 8.31. The predicted molar refractivity (Wildman–Crippen MR) is 96.2 cm³/mol. The third-order valence-corrected chi connectivity index (χ3v) is 5.23. The van der Waals surface area contributed by atoms with Gasteiger partial charge in [0.05, 0.1) is 0 Å². The molecule has 0 saturated carbocycles. The largest absolute Gasteiger partial charge is 0.350 e. The number of aromatic nitrogens is 2. The quantitative estimate of drug-likeness (QED) is 0.685. The second-order valence-corrected chi connectivity index (χ2v) is 6.57. The molecule has 3 heterocycles. The minimum atomic E-state index is 0.843. The molecule has 3 aromatic rings. The van der Waals surface area contributed by atoms with E-state index in [1.165, 1.54) is 16.7 Å². The lowest BCUT2D eigenvalue weighted by Crippen LogP contribution is -2.31. The fourth-order valence-electron chi connectivity index (χ4n) is 3.82. The van der Waals surface area contributed by atoms with E-state index < -0.39 is 0 Å². The van der Waals surface area contributed by atoms with Crippen LogP contribution in [0.5, 0.6) is 0 Å². The van der Waals surface area contributed by atoms with Crippen LogP contribution in [0.2, 0.25) is 0 Å². The molecule has 4 heteroatoms. The number of fused-ring (bicyclic) bond motifs is 2. The van der Waals surface area contributed by atoms with Crippen LogP contribution in [0.25, 0.3) is 10.9 Å². The van der Waals surface area contributed by atoms with Crippen LogP contribution in [-0.2, 0) is 13.0 Å². The van der Waals surface area contributed by atoms with Crippen molar-refractivity contribution in [1.82, 2.24) is 9.55 Å². The van der Waals surface area contributed by atoms with Gasteiger partial charge in [0.1, 0.15) is 5.52 Å². The first kappa shape index (κ1) is 14.8. The molecule has 1 aliphatic heterocycles. The van der Waals surface area contributed by atoms with Crippen molar-refractivity contribution in [2.24, 2.45) is 0 Å². The lowest BCUT2D eigenvalue weighted by Gasteiger charge is -2.30. The Morgan fingerprint density at radius 1 is 1.12 bits per heavy atom. The first-order chi connectivity index (χ1) is 11.6.